The lowest BCUT2D eigenvalue weighted by molar-refractivity contribution is 0.102. The Balaban J connectivity index is 1.61. The normalized spacial score (nSPS) is 13.4. The van der Waals surface area contributed by atoms with Crippen LogP contribution in [0.25, 0.3) is 0 Å². The van der Waals surface area contributed by atoms with E-state index >= 15 is 0 Å². The summed E-state index contributed by atoms with van der Waals surface area (Å²) in [6.07, 6.45) is 1.80. The molecule has 5 heteroatoms. The number of carbonyl (C=O) groups excluding carboxylic acids is 1. The van der Waals surface area contributed by atoms with Crippen LogP contribution in [0.5, 0.6) is 5.75 Å². The molecular weight excluding hydrogens is 374 g/mol. The standard InChI is InChI=1S/C25H27N3O2/c1-17-12-13-26-22(16-17)28-14-15-30-23-20(6-5-7-21(23)28)24(29)27-19-10-8-18(9-11-19)25(2,3)4/h5-13,16H,14-15H2,1-4H3,(H,27,29). The number of carbonyl (C=O) groups is 1. The number of ether oxygens (including phenoxy) is 1. The number of pyridine rings is 1. The van der Waals surface area contributed by atoms with Crippen molar-refractivity contribution in [2.45, 2.75) is 33.1 Å². The molecule has 1 aliphatic heterocycles. The maximum absolute atomic E-state index is 13.0. The Kier molecular flexibility index (Phi) is 5.20. The molecule has 2 heterocycles. The first-order valence-corrected chi connectivity index (χ1v) is 10.2. The van der Waals surface area contributed by atoms with E-state index in [9.17, 15) is 4.79 Å². The predicted octanol–water partition coefficient (Wildman–Crippen LogP) is 5.47. The molecule has 1 aliphatic rings. The molecule has 1 N–H and O–H groups in total. The topological polar surface area (TPSA) is 54.5 Å². The average Bonchev–Trinajstić information content (AvgIpc) is 2.72. The molecule has 0 atom stereocenters. The average molecular weight is 402 g/mol. The van der Waals surface area contributed by atoms with E-state index in [2.05, 4.69) is 48.1 Å². The molecule has 0 bridgehead atoms. The van der Waals surface area contributed by atoms with E-state index in [1.54, 1.807) is 12.3 Å². The number of nitrogens with one attached hydrogen (secondary N) is 1. The first-order chi connectivity index (χ1) is 14.3. The van der Waals surface area contributed by atoms with Crippen LogP contribution < -0.4 is 15.0 Å². The van der Waals surface area contributed by atoms with Crippen LogP contribution in [0.3, 0.4) is 0 Å². The lowest BCUT2D eigenvalue weighted by Crippen LogP contribution is -2.30. The first kappa shape index (κ1) is 20.0. The van der Waals surface area contributed by atoms with Crippen LogP contribution in [-0.2, 0) is 5.41 Å². The molecule has 5 nitrogen and oxygen atoms in total. The molecule has 154 valence electrons. The van der Waals surface area contributed by atoms with Crippen molar-refractivity contribution in [3.63, 3.8) is 0 Å². The van der Waals surface area contributed by atoms with Gasteiger partial charge in [-0.3, -0.25) is 4.79 Å². The second-order valence-electron chi connectivity index (χ2n) is 8.63. The van der Waals surface area contributed by atoms with Crippen molar-refractivity contribution in [2.24, 2.45) is 0 Å². The van der Waals surface area contributed by atoms with Crippen molar-refractivity contribution >= 4 is 23.1 Å². The predicted molar refractivity (Wildman–Crippen MR) is 121 cm³/mol. The zero-order chi connectivity index (χ0) is 21.3. The Morgan fingerprint density at radius 2 is 1.87 bits per heavy atom. The van der Waals surface area contributed by atoms with Gasteiger partial charge in [-0.15, -0.1) is 0 Å². The van der Waals surface area contributed by atoms with Crippen molar-refractivity contribution in [3.05, 3.63) is 77.5 Å². The highest BCUT2D eigenvalue weighted by Gasteiger charge is 2.25. The van der Waals surface area contributed by atoms with Gasteiger partial charge in [0.1, 0.15) is 12.4 Å². The number of hydrogen-bond acceptors (Lipinski definition) is 4. The molecule has 0 aliphatic carbocycles. The molecule has 3 aromatic rings. The number of para-hydroxylation sites is 1. The number of hydrogen-bond donors (Lipinski definition) is 1. The number of aryl methyl sites for hydroxylation is 1. The molecule has 4 rings (SSSR count). The van der Waals surface area contributed by atoms with Gasteiger partial charge in [-0.1, -0.05) is 39.0 Å². The van der Waals surface area contributed by atoms with Crippen LogP contribution >= 0.6 is 0 Å². The third-order valence-corrected chi connectivity index (χ3v) is 5.28. The van der Waals surface area contributed by atoms with Gasteiger partial charge in [0.15, 0.2) is 5.75 Å². The molecule has 1 aromatic heterocycles. The van der Waals surface area contributed by atoms with Gasteiger partial charge in [0.05, 0.1) is 17.8 Å². The maximum atomic E-state index is 13.0. The third-order valence-electron chi connectivity index (χ3n) is 5.28. The van der Waals surface area contributed by atoms with Crippen molar-refractivity contribution in [1.29, 1.82) is 0 Å². The van der Waals surface area contributed by atoms with E-state index in [-0.39, 0.29) is 11.3 Å². The van der Waals surface area contributed by atoms with Crippen LogP contribution in [0.1, 0.15) is 42.3 Å². The lowest BCUT2D eigenvalue weighted by atomic mass is 9.87. The van der Waals surface area contributed by atoms with Gasteiger partial charge in [0.2, 0.25) is 0 Å². The van der Waals surface area contributed by atoms with Gasteiger partial charge in [0, 0.05) is 11.9 Å². The summed E-state index contributed by atoms with van der Waals surface area (Å²) in [5.74, 6) is 1.26. The highest BCUT2D eigenvalue weighted by atomic mass is 16.5. The summed E-state index contributed by atoms with van der Waals surface area (Å²) in [4.78, 5) is 19.6. The van der Waals surface area contributed by atoms with Crippen molar-refractivity contribution < 1.29 is 9.53 Å². The zero-order valence-corrected chi connectivity index (χ0v) is 17.9. The summed E-state index contributed by atoms with van der Waals surface area (Å²) in [6, 6.07) is 17.6. The molecule has 1 amide bonds. The fraction of sp³-hybridized carbons (Fsp3) is 0.280. The zero-order valence-electron chi connectivity index (χ0n) is 17.9. The maximum Gasteiger partial charge on any atom is 0.259 e. The smallest absolute Gasteiger partial charge is 0.259 e. The molecule has 0 radical (unpaired) electrons. The van der Waals surface area contributed by atoms with Crippen LogP contribution in [0.2, 0.25) is 0 Å². The summed E-state index contributed by atoms with van der Waals surface area (Å²) in [7, 11) is 0. The van der Waals surface area contributed by atoms with E-state index in [4.69, 9.17) is 4.74 Å². The van der Waals surface area contributed by atoms with Gasteiger partial charge >= 0.3 is 0 Å². The highest BCUT2D eigenvalue weighted by molar-refractivity contribution is 6.07. The van der Waals surface area contributed by atoms with E-state index in [0.717, 1.165) is 22.8 Å². The van der Waals surface area contributed by atoms with E-state index in [0.29, 0.717) is 24.5 Å². The number of nitrogens with zero attached hydrogens (tertiary/aromatic N) is 2. The SMILES string of the molecule is Cc1ccnc(N2CCOc3c(C(=O)Nc4ccc(C(C)(C)C)cc4)cccc32)c1. The monoisotopic (exact) mass is 401 g/mol. The van der Waals surface area contributed by atoms with Gasteiger partial charge in [-0.25, -0.2) is 4.98 Å². The van der Waals surface area contributed by atoms with Gasteiger partial charge in [0.25, 0.3) is 5.91 Å². The fourth-order valence-electron chi connectivity index (χ4n) is 3.59. The van der Waals surface area contributed by atoms with Crippen molar-refractivity contribution in [3.8, 4) is 5.75 Å². The number of rotatable bonds is 3. The Morgan fingerprint density at radius 3 is 2.57 bits per heavy atom. The van der Waals surface area contributed by atoms with E-state index in [1.807, 2.05) is 43.3 Å². The quantitative estimate of drug-likeness (QED) is 0.632. The summed E-state index contributed by atoms with van der Waals surface area (Å²) >= 11 is 0. The first-order valence-electron chi connectivity index (χ1n) is 10.2. The van der Waals surface area contributed by atoms with Crippen LogP contribution in [0.4, 0.5) is 17.2 Å². The van der Waals surface area contributed by atoms with Crippen molar-refractivity contribution in [1.82, 2.24) is 4.98 Å². The fourth-order valence-corrected chi connectivity index (χ4v) is 3.59. The molecule has 30 heavy (non-hydrogen) atoms. The number of anilines is 3. The van der Waals surface area contributed by atoms with Crippen LogP contribution in [-0.4, -0.2) is 24.0 Å². The van der Waals surface area contributed by atoms with Gasteiger partial charge in [-0.2, -0.15) is 0 Å². The number of fused-ring (bicyclic) bond motifs is 1. The van der Waals surface area contributed by atoms with Crippen LogP contribution in [0.15, 0.2) is 60.8 Å². The molecule has 2 aromatic carbocycles. The van der Waals surface area contributed by atoms with E-state index < -0.39 is 0 Å². The minimum Gasteiger partial charge on any atom is -0.489 e. The summed E-state index contributed by atoms with van der Waals surface area (Å²) in [5.41, 5.74) is 4.57. The minimum atomic E-state index is -0.186. The molecular formula is C25H27N3O2. The second kappa shape index (κ2) is 7.82. The lowest BCUT2D eigenvalue weighted by Gasteiger charge is -2.31. The summed E-state index contributed by atoms with van der Waals surface area (Å²) in [6.45, 7) is 9.73. The summed E-state index contributed by atoms with van der Waals surface area (Å²) < 4.78 is 5.93. The van der Waals surface area contributed by atoms with Gasteiger partial charge in [-0.05, 0) is 59.9 Å². The van der Waals surface area contributed by atoms with Crippen LogP contribution in [0, 0.1) is 6.92 Å². The molecule has 0 spiro atoms. The van der Waals surface area contributed by atoms with E-state index in [1.165, 1.54) is 5.56 Å². The van der Waals surface area contributed by atoms with Crippen molar-refractivity contribution in [2.75, 3.05) is 23.4 Å². The molecule has 0 saturated heterocycles. The largest absolute Gasteiger partial charge is 0.489 e. The Hall–Kier alpha value is -3.34. The minimum absolute atomic E-state index is 0.0716. The summed E-state index contributed by atoms with van der Waals surface area (Å²) in [5, 5.41) is 3.00. The number of aromatic nitrogens is 1. The second-order valence-corrected chi connectivity index (χ2v) is 8.63. The number of amides is 1. The number of benzene rings is 2. The van der Waals surface area contributed by atoms with Gasteiger partial charge < -0.3 is 15.0 Å². The molecule has 0 unspecified atom stereocenters. The molecule has 0 saturated carbocycles. The highest BCUT2D eigenvalue weighted by Crippen LogP contribution is 2.38. The Morgan fingerprint density at radius 1 is 1.10 bits per heavy atom. The molecule has 0 fully saturated rings. The third kappa shape index (κ3) is 4.01. The Bertz CT molecular complexity index is 1070. The Labute approximate surface area is 177 Å².